The molecule has 4 nitrogen and oxygen atoms in total. The number of rotatable bonds is 4. The lowest BCUT2D eigenvalue weighted by molar-refractivity contribution is 0.275. The van der Waals surface area contributed by atoms with Gasteiger partial charge in [-0.3, -0.25) is 9.13 Å². The van der Waals surface area contributed by atoms with Gasteiger partial charge in [0.1, 0.15) is 0 Å². The minimum Gasteiger partial charge on any atom is -0.259 e. The van der Waals surface area contributed by atoms with Crippen molar-refractivity contribution in [3.8, 4) is 0 Å². The van der Waals surface area contributed by atoms with Crippen LogP contribution in [-0.4, -0.2) is 12.3 Å². The van der Waals surface area contributed by atoms with Crippen LogP contribution in [0.4, 0.5) is 0 Å². The molecule has 6 heteroatoms. The van der Waals surface area contributed by atoms with Crippen molar-refractivity contribution in [1.29, 1.82) is 0 Å². The van der Waals surface area contributed by atoms with Crippen LogP contribution >= 0.6 is 15.2 Å². The molecule has 1 aliphatic rings. The summed E-state index contributed by atoms with van der Waals surface area (Å²) in [4.78, 5) is 0. The maximum atomic E-state index is 11.3. The quantitative estimate of drug-likeness (QED) is 0.671. The lowest BCUT2D eigenvalue weighted by Crippen LogP contribution is -2.10. The van der Waals surface area contributed by atoms with Crippen molar-refractivity contribution in [2.24, 2.45) is 0 Å². The fourth-order valence-electron chi connectivity index (χ4n) is 1.10. The first kappa shape index (κ1) is 10.5. The van der Waals surface area contributed by atoms with E-state index >= 15 is 0 Å². The van der Waals surface area contributed by atoms with E-state index in [4.69, 9.17) is 8.62 Å². The van der Waals surface area contributed by atoms with E-state index in [1.165, 1.54) is 0 Å². The van der Waals surface area contributed by atoms with E-state index < -0.39 is 15.2 Å². The van der Waals surface area contributed by atoms with Crippen LogP contribution in [0.15, 0.2) is 0 Å². The molecule has 12 heavy (non-hydrogen) atoms. The summed E-state index contributed by atoms with van der Waals surface area (Å²) in [7, 11) is -5.81. The largest absolute Gasteiger partial charge is 0.345 e. The third-order valence-electron chi connectivity index (χ3n) is 1.49. The summed E-state index contributed by atoms with van der Waals surface area (Å²) in [6, 6.07) is 0. The minimum atomic E-state index is -2.91. The third kappa shape index (κ3) is 2.20. The molecule has 0 aliphatic carbocycles. The molecule has 1 fully saturated rings. The summed E-state index contributed by atoms with van der Waals surface area (Å²) in [5.41, 5.74) is 0. The lowest BCUT2D eigenvalue weighted by atomic mass is 10.6. The van der Waals surface area contributed by atoms with Crippen molar-refractivity contribution in [2.75, 3.05) is 12.3 Å². The first-order valence-corrected chi connectivity index (χ1v) is 7.60. The molecule has 0 bridgehead atoms. The monoisotopic (exact) mass is 212 g/mol. The molecular weight excluding hydrogens is 198 g/mol. The highest BCUT2D eigenvalue weighted by molar-refractivity contribution is 7.80. The second-order valence-corrected chi connectivity index (χ2v) is 7.48. The Morgan fingerprint density at radius 1 is 0.917 bits per heavy atom. The lowest BCUT2D eigenvalue weighted by Gasteiger charge is -2.33. The van der Waals surface area contributed by atoms with Gasteiger partial charge in [-0.1, -0.05) is 13.8 Å². The van der Waals surface area contributed by atoms with E-state index in [2.05, 4.69) is 0 Å². The minimum absolute atomic E-state index is 0.376. The van der Waals surface area contributed by atoms with Gasteiger partial charge < -0.3 is 0 Å². The van der Waals surface area contributed by atoms with Gasteiger partial charge in [-0.2, -0.15) is 0 Å². The fraction of sp³-hybridized carbons (Fsp3) is 1.00. The van der Waals surface area contributed by atoms with Crippen LogP contribution in [0.1, 0.15) is 26.7 Å². The zero-order valence-corrected chi connectivity index (χ0v) is 9.14. The Labute approximate surface area is 72.7 Å². The molecule has 0 aromatic carbocycles. The molecular formula is C6H14O4P2. The van der Waals surface area contributed by atoms with Crippen LogP contribution in [0, 0.1) is 0 Å². The van der Waals surface area contributed by atoms with Gasteiger partial charge in [0.25, 0.3) is 0 Å². The molecule has 0 atom stereocenters. The van der Waals surface area contributed by atoms with Gasteiger partial charge in [0.15, 0.2) is 0 Å². The van der Waals surface area contributed by atoms with E-state index in [0.29, 0.717) is 12.3 Å². The second-order valence-electron chi connectivity index (χ2n) is 2.83. The van der Waals surface area contributed by atoms with Crippen LogP contribution < -0.4 is 0 Å². The summed E-state index contributed by atoms with van der Waals surface area (Å²) < 4.78 is 32.5. The highest BCUT2D eigenvalue weighted by Crippen LogP contribution is 2.81. The third-order valence-corrected chi connectivity index (χ3v) is 7.46. The topological polar surface area (TPSA) is 52.6 Å². The first-order valence-electron chi connectivity index (χ1n) is 4.14. The van der Waals surface area contributed by atoms with Crippen molar-refractivity contribution >= 4 is 15.2 Å². The summed E-state index contributed by atoms with van der Waals surface area (Å²) in [6.07, 6.45) is 2.20. The predicted octanol–water partition coefficient (Wildman–Crippen LogP) is 3.24. The average Bonchev–Trinajstić information content (AvgIpc) is 1.84. The summed E-state index contributed by atoms with van der Waals surface area (Å²) >= 11 is 0. The van der Waals surface area contributed by atoms with Gasteiger partial charge >= 0.3 is 15.2 Å². The van der Waals surface area contributed by atoms with E-state index in [1.807, 2.05) is 13.8 Å². The van der Waals surface area contributed by atoms with Gasteiger partial charge in [0.05, 0.1) is 12.3 Å². The zero-order chi connectivity index (χ0) is 9.24. The van der Waals surface area contributed by atoms with Gasteiger partial charge in [0.2, 0.25) is 0 Å². The molecule has 1 rings (SSSR count). The van der Waals surface area contributed by atoms with Crippen LogP contribution in [0.25, 0.3) is 0 Å². The molecule has 0 radical (unpaired) electrons. The molecule has 72 valence electrons. The standard InChI is InChI=1S/C6H14O4P2/c1-3-5-11(7)9-12(8,10-11)6-4-2/h3-6H2,1-2H3. The molecule has 1 saturated heterocycles. The molecule has 1 heterocycles. The zero-order valence-electron chi connectivity index (χ0n) is 7.36. The summed E-state index contributed by atoms with van der Waals surface area (Å²) in [5.74, 6) is 0. The normalized spacial score (nSPS) is 40.8. The number of hydrogen-bond donors (Lipinski definition) is 0. The van der Waals surface area contributed by atoms with Gasteiger partial charge in [-0.25, -0.2) is 8.62 Å². The maximum Gasteiger partial charge on any atom is 0.345 e. The molecule has 0 aromatic rings. The Bertz CT molecular complexity index is 212. The van der Waals surface area contributed by atoms with Crippen LogP contribution in [0.3, 0.4) is 0 Å². The molecule has 1 aliphatic heterocycles. The second kappa shape index (κ2) is 3.63. The van der Waals surface area contributed by atoms with Crippen molar-refractivity contribution < 1.29 is 17.8 Å². The Morgan fingerprint density at radius 3 is 1.50 bits per heavy atom. The highest BCUT2D eigenvalue weighted by Gasteiger charge is 2.50. The molecule has 0 amide bonds. The SMILES string of the molecule is CCCP1(=O)OP(=O)(CCC)O1. The van der Waals surface area contributed by atoms with Crippen molar-refractivity contribution in [2.45, 2.75) is 26.7 Å². The van der Waals surface area contributed by atoms with Crippen LogP contribution in [0.2, 0.25) is 0 Å². The Balaban J connectivity index is 2.45. The Kier molecular flexibility index (Phi) is 3.16. The highest BCUT2D eigenvalue weighted by atomic mass is 31.3. The van der Waals surface area contributed by atoms with E-state index in [1.54, 1.807) is 0 Å². The molecule has 0 saturated carbocycles. The predicted molar refractivity (Wildman–Crippen MR) is 47.7 cm³/mol. The summed E-state index contributed by atoms with van der Waals surface area (Å²) in [6.45, 7) is 3.77. The van der Waals surface area contributed by atoms with E-state index in [-0.39, 0.29) is 0 Å². The molecule has 0 N–H and O–H groups in total. The van der Waals surface area contributed by atoms with Crippen molar-refractivity contribution in [3.63, 3.8) is 0 Å². The van der Waals surface area contributed by atoms with Crippen molar-refractivity contribution in [3.05, 3.63) is 0 Å². The average molecular weight is 212 g/mol. The smallest absolute Gasteiger partial charge is 0.259 e. The van der Waals surface area contributed by atoms with Crippen LogP contribution in [0.5, 0.6) is 0 Å². The fourth-order valence-corrected chi connectivity index (χ4v) is 6.58. The maximum absolute atomic E-state index is 11.3. The van der Waals surface area contributed by atoms with Gasteiger partial charge in [-0.05, 0) is 12.8 Å². The molecule has 0 spiro atoms. The van der Waals surface area contributed by atoms with Crippen molar-refractivity contribution in [1.82, 2.24) is 0 Å². The van der Waals surface area contributed by atoms with E-state index in [9.17, 15) is 9.13 Å². The summed E-state index contributed by atoms with van der Waals surface area (Å²) in [5, 5.41) is 0. The van der Waals surface area contributed by atoms with E-state index in [0.717, 1.165) is 12.8 Å². The molecule has 0 aromatic heterocycles. The Morgan fingerprint density at radius 2 is 1.25 bits per heavy atom. The van der Waals surface area contributed by atoms with Gasteiger partial charge in [-0.15, -0.1) is 0 Å². The van der Waals surface area contributed by atoms with Crippen LogP contribution in [-0.2, 0) is 17.8 Å². The number of hydrogen-bond acceptors (Lipinski definition) is 4. The van der Waals surface area contributed by atoms with Gasteiger partial charge in [0, 0.05) is 0 Å². The molecule has 0 unspecified atom stereocenters. The Hall–Kier alpha value is 0.380. The first-order chi connectivity index (χ1) is 5.54.